The van der Waals surface area contributed by atoms with E-state index < -0.39 is 0 Å². The largest absolute Gasteiger partial charge is 0.294 e. The number of fused-ring (bicyclic) bond motifs is 3. The molecule has 22 heavy (non-hydrogen) atoms. The summed E-state index contributed by atoms with van der Waals surface area (Å²) >= 11 is 0. The number of Topliss-reactive ketones (excluding diaryl/α,β-unsaturated/α-hetero) is 1. The molecule has 4 heteroatoms. The highest BCUT2D eigenvalue weighted by atomic mass is 16.1. The maximum Gasteiger partial charge on any atom is 0.166 e. The number of ketones is 1. The molecule has 0 saturated carbocycles. The zero-order valence-electron chi connectivity index (χ0n) is 12.7. The van der Waals surface area contributed by atoms with Crippen LogP contribution in [0.2, 0.25) is 0 Å². The van der Waals surface area contributed by atoms with Crippen molar-refractivity contribution in [3.63, 3.8) is 0 Å². The molecular formula is C18H17N3O. The molecule has 1 aliphatic carbocycles. The lowest BCUT2D eigenvalue weighted by Gasteiger charge is -2.20. The molecule has 1 atom stereocenters. The molecule has 0 amide bonds. The van der Waals surface area contributed by atoms with Crippen LogP contribution in [0.5, 0.6) is 0 Å². The van der Waals surface area contributed by atoms with Gasteiger partial charge in [0.2, 0.25) is 0 Å². The normalized spacial score (nSPS) is 17.7. The van der Waals surface area contributed by atoms with Gasteiger partial charge in [0.05, 0.1) is 17.0 Å². The fourth-order valence-electron chi connectivity index (χ4n) is 3.34. The monoisotopic (exact) mass is 291 g/mol. The molecule has 110 valence electrons. The molecule has 4 nitrogen and oxygen atoms in total. The van der Waals surface area contributed by atoms with Crippen LogP contribution in [-0.4, -0.2) is 20.4 Å². The van der Waals surface area contributed by atoms with Crippen molar-refractivity contribution < 1.29 is 4.79 Å². The van der Waals surface area contributed by atoms with Gasteiger partial charge < -0.3 is 0 Å². The average Bonchev–Trinajstić information content (AvgIpc) is 2.84. The third-order valence-electron chi connectivity index (χ3n) is 4.36. The van der Waals surface area contributed by atoms with Gasteiger partial charge in [-0.3, -0.25) is 4.79 Å². The fraction of sp³-hybridized carbons (Fsp3) is 0.278. The van der Waals surface area contributed by atoms with Gasteiger partial charge in [-0.25, -0.2) is 9.50 Å². The van der Waals surface area contributed by atoms with Crippen LogP contribution in [0.1, 0.15) is 35.1 Å². The summed E-state index contributed by atoms with van der Waals surface area (Å²) in [6, 6.07) is 10.2. The summed E-state index contributed by atoms with van der Waals surface area (Å²) in [6.07, 6.45) is 3.20. The molecule has 0 saturated heterocycles. The van der Waals surface area contributed by atoms with Gasteiger partial charge in [-0.1, -0.05) is 37.3 Å². The first-order valence-corrected chi connectivity index (χ1v) is 7.61. The Hall–Kier alpha value is -2.49. The molecule has 0 aliphatic heterocycles. The Bertz CT molecular complexity index is 880. The number of nitrogens with zero attached hydrogens (tertiary/aromatic N) is 3. The second-order valence-electron chi connectivity index (χ2n) is 6.12. The summed E-state index contributed by atoms with van der Waals surface area (Å²) < 4.78 is 1.88. The SMILES string of the molecule is Cc1nn2c3c(cnc2c1-c1ccccc1)C(=O)CC(C)C3. The fourth-order valence-corrected chi connectivity index (χ4v) is 3.34. The maximum absolute atomic E-state index is 12.2. The molecule has 4 rings (SSSR count). The van der Waals surface area contributed by atoms with E-state index in [2.05, 4.69) is 29.1 Å². The van der Waals surface area contributed by atoms with E-state index in [-0.39, 0.29) is 5.78 Å². The van der Waals surface area contributed by atoms with Gasteiger partial charge in [0.1, 0.15) is 0 Å². The van der Waals surface area contributed by atoms with Gasteiger partial charge in [0, 0.05) is 18.2 Å². The highest BCUT2D eigenvalue weighted by Gasteiger charge is 2.27. The molecular weight excluding hydrogens is 274 g/mol. The number of hydrogen-bond acceptors (Lipinski definition) is 3. The standard InChI is InChI=1S/C18H17N3O/c1-11-8-15-14(16(22)9-11)10-19-18-17(12(2)20-21(15)18)13-6-4-3-5-7-13/h3-7,10-11H,8-9H2,1-2H3. The molecule has 0 radical (unpaired) electrons. The van der Waals surface area contributed by atoms with Crippen LogP contribution in [0.25, 0.3) is 16.8 Å². The molecule has 1 aliphatic rings. The lowest BCUT2D eigenvalue weighted by atomic mass is 9.88. The van der Waals surface area contributed by atoms with Crippen LogP contribution in [0.15, 0.2) is 36.5 Å². The van der Waals surface area contributed by atoms with Crippen molar-refractivity contribution in [2.75, 3.05) is 0 Å². The van der Waals surface area contributed by atoms with Crippen LogP contribution in [0.3, 0.4) is 0 Å². The molecule has 3 aromatic rings. The summed E-state index contributed by atoms with van der Waals surface area (Å²) in [5, 5.41) is 4.67. The number of hydrogen-bond donors (Lipinski definition) is 0. The van der Waals surface area contributed by atoms with E-state index in [4.69, 9.17) is 0 Å². The molecule has 0 N–H and O–H groups in total. The van der Waals surface area contributed by atoms with Crippen LogP contribution in [0.4, 0.5) is 0 Å². The average molecular weight is 291 g/mol. The van der Waals surface area contributed by atoms with Crippen LogP contribution in [0, 0.1) is 12.8 Å². The van der Waals surface area contributed by atoms with Crippen molar-refractivity contribution >= 4 is 11.4 Å². The Kier molecular flexibility index (Phi) is 2.86. The number of aryl methyl sites for hydroxylation is 1. The number of rotatable bonds is 1. The summed E-state index contributed by atoms with van der Waals surface area (Å²) in [4.78, 5) is 16.8. The Balaban J connectivity index is 2.01. The first-order chi connectivity index (χ1) is 10.6. The minimum absolute atomic E-state index is 0.178. The van der Waals surface area contributed by atoms with E-state index in [1.807, 2.05) is 29.6 Å². The molecule has 2 heterocycles. The number of carbonyl (C=O) groups excluding carboxylic acids is 1. The van der Waals surface area contributed by atoms with Gasteiger partial charge in [-0.2, -0.15) is 5.10 Å². The third-order valence-corrected chi connectivity index (χ3v) is 4.36. The van der Waals surface area contributed by atoms with Gasteiger partial charge in [-0.05, 0) is 24.8 Å². The van der Waals surface area contributed by atoms with E-state index in [9.17, 15) is 4.79 Å². The van der Waals surface area contributed by atoms with Crippen molar-refractivity contribution in [2.45, 2.75) is 26.7 Å². The number of aromatic nitrogens is 3. The molecule has 0 bridgehead atoms. The van der Waals surface area contributed by atoms with Crippen molar-refractivity contribution in [2.24, 2.45) is 5.92 Å². The van der Waals surface area contributed by atoms with Gasteiger partial charge in [0.15, 0.2) is 11.4 Å². The Morgan fingerprint density at radius 3 is 2.73 bits per heavy atom. The lowest BCUT2D eigenvalue weighted by molar-refractivity contribution is 0.0951. The quantitative estimate of drug-likeness (QED) is 0.689. The predicted molar refractivity (Wildman–Crippen MR) is 85.0 cm³/mol. The maximum atomic E-state index is 12.2. The Labute approximate surface area is 128 Å². The van der Waals surface area contributed by atoms with Crippen molar-refractivity contribution in [3.8, 4) is 11.1 Å². The molecule has 2 aromatic heterocycles. The predicted octanol–water partition coefficient (Wildman–Crippen LogP) is 3.47. The van der Waals surface area contributed by atoms with E-state index in [1.54, 1.807) is 6.20 Å². The highest BCUT2D eigenvalue weighted by molar-refractivity contribution is 5.98. The summed E-state index contributed by atoms with van der Waals surface area (Å²) in [5.41, 5.74) is 5.67. The molecule has 1 aromatic carbocycles. The van der Waals surface area contributed by atoms with Crippen LogP contribution < -0.4 is 0 Å². The van der Waals surface area contributed by atoms with Crippen molar-refractivity contribution in [3.05, 3.63) is 53.5 Å². The Morgan fingerprint density at radius 2 is 1.95 bits per heavy atom. The van der Waals surface area contributed by atoms with Gasteiger partial charge in [0.25, 0.3) is 0 Å². The third kappa shape index (κ3) is 1.87. The summed E-state index contributed by atoms with van der Waals surface area (Å²) in [6.45, 7) is 4.11. The second kappa shape index (κ2) is 4.77. The van der Waals surface area contributed by atoms with E-state index >= 15 is 0 Å². The first-order valence-electron chi connectivity index (χ1n) is 7.61. The smallest absolute Gasteiger partial charge is 0.166 e. The molecule has 0 spiro atoms. The second-order valence-corrected chi connectivity index (χ2v) is 6.12. The topological polar surface area (TPSA) is 47.3 Å². The van der Waals surface area contributed by atoms with Gasteiger partial charge in [-0.15, -0.1) is 0 Å². The first kappa shape index (κ1) is 13.2. The molecule has 0 fully saturated rings. The summed E-state index contributed by atoms with van der Waals surface area (Å²) in [7, 11) is 0. The minimum Gasteiger partial charge on any atom is -0.294 e. The summed E-state index contributed by atoms with van der Waals surface area (Å²) in [5.74, 6) is 0.535. The highest BCUT2D eigenvalue weighted by Crippen LogP contribution is 2.31. The molecule has 1 unspecified atom stereocenters. The Morgan fingerprint density at radius 1 is 1.18 bits per heavy atom. The van der Waals surface area contributed by atoms with E-state index in [1.165, 1.54) is 0 Å². The van der Waals surface area contributed by atoms with Gasteiger partial charge >= 0.3 is 0 Å². The van der Waals surface area contributed by atoms with E-state index in [0.29, 0.717) is 12.3 Å². The van der Waals surface area contributed by atoms with E-state index in [0.717, 1.165) is 40.1 Å². The minimum atomic E-state index is 0.178. The van der Waals surface area contributed by atoms with Crippen LogP contribution >= 0.6 is 0 Å². The number of carbonyl (C=O) groups is 1. The van der Waals surface area contributed by atoms with Crippen molar-refractivity contribution in [1.82, 2.24) is 14.6 Å². The zero-order chi connectivity index (χ0) is 15.3. The zero-order valence-corrected chi connectivity index (χ0v) is 12.7. The van der Waals surface area contributed by atoms with Crippen LogP contribution in [-0.2, 0) is 6.42 Å². The lowest BCUT2D eigenvalue weighted by Crippen LogP contribution is -2.21. The van der Waals surface area contributed by atoms with Crippen molar-refractivity contribution in [1.29, 1.82) is 0 Å². The number of benzene rings is 1.